The zero-order valence-electron chi connectivity index (χ0n) is 22.8. The lowest BCUT2D eigenvalue weighted by Gasteiger charge is -2.35. The Morgan fingerprint density at radius 1 is 1.28 bits per heavy atom. The van der Waals surface area contributed by atoms with Crippen molar-refractivity contribution < 1.29 is 9.18 Å². The minimum absolute atomic E-state index is 0.0436. The minimum Gasteiger partial charge on any atom is -0.340 e. The molecule has 7 nitrogen and oxygen atoms in total. The first-order valence-corrected chi connectivity index (χ1v) is 14.8. The van der Waals surface area contributed by atoms with Gasteiger partial charge in [-0.2, -0.15) is 0 Å². The van der Waals surface area contributed by atoms with E-state index < -0.39 is 5.82 Å². The van der Waals surface area contributed by atoms with E-state index in [9.17, 15) is 9.18 Å². The third-order valence-electron chi connectivity index (χ3n) is 7.76. The molecule has 1 saturated heterocycles. The van der Waals surface area contributed by atoms with Crippen LogP contribution in [0, 0.1) is 11.7 Å². The maximum absolute atomic E-state index is 13.6. The SMILES string of the molecule is CC(C)N1CCC(CN(C)CC=CC(=O)N2CCc3c(sc4ncnc(Nc5ccc(F)c(Cl)c5)c34)C2)CC1. The summed E-state index contributed by atoms with van der Waals surface area (Å²) in [7, 11) is 2.14. The molecule has 0 bridgehead atoms. The Hall–Kier alpha value is -2.59. The molecule has 0 radical (unpaired) electrons. The Kier molecular flexibility index (Phi) is 8.81. The van der Waals surface area contributed by atoms with Crippen LogP contribution < -0.4 is 5.32 Å². The number of thiophene rings is 1. The molecule has 1 aromatic carbocycles. The maximum atomic E-state index is 13.6. The van der Waals surface area contributed by atoms with E-state index in [0.29, 0.717) is 30.6 Å². The fourth-order valence-electron chi connectivity index (χ4n) is 5.53. The second-order valence-corrected chi connectivity index (χ2v) is 12.4. The second-order valence-electron chi connectivity index (χ2n) is 10.9. The largest absolute Gasteiger partial charge is 0.340 e. The molecule has 39 heavy (non-hydrogen) atoms. The van der Waals surface area contributed by atoms with Gasteiger partial charge in [0.25, 0.3) is 0 Å². The van der Waals surface area contributed by atoms with Crippen LogP contribution in [-0.4, -0.2) is 76.4 Å². The Balaban J connectivity index is 1.18. The predicted octanol–water partition coefficient (Wildman–Crippen LogP) is 5.72. The predicted molar refractivity (Wildman–Crippen MR) is 157 cm³/mol. The van der Waals surface area contributed by atoms with Crippen molar-refractivity contribution in [3.63, 3.8) is 0 Å². The van der Waals surface area contributed by atoms with Crippen molar-refractivity contribution in [2.45, 2.75) is 45.7 Å². The van der Waals surface area contributed by atoms with E-state index in [1.807, 2.05) is 11.0 Å². The molecule has 0 atom stereocenters. The first-order chi connectivity index (χ1) is 18.8. The smallest absolute Gasteiger partial charge is 0.246 e. The van der Waals surface area contributed by atoms with Crippen LogP contribution >= 0.6 is 22.9 Å². The van der Waals surface area contributed by atoms with Crippen molar-refractivity contribution in [3.8, 4) is 0 Å². The van der Waals surface area contributed by atoms with Crippen LogP contribution in [-0.2, 0) is 17.8 Å². The van der Waals surface area contributed by atoms with Crippen molar-refractivity contribution >= 4 is 50.6 Å². The Morgan fingerprint density at radius 2 is 2.08 bits per heavy atom. The van der Waals surface area contributed by atoms with Crippen LogP contribution in [0.25, 0.3) is 10.2 Å². The van der Waals surface area contributed by atoms with Gasteiger partial charge in [0.1, 0.15) is 22.8 Å². The summed E-state index contributed by atoms with van der Waals surface area (Å²) in [5.74, 6) is 0.973. The number of hydrogen-bond donors (Lipinski definition) is 1. The highest BCUT2D eigenvalue weighted by Gasteiger charge is 2.26. The maximum Gasteiger partial charge on any atom is 0.246 e. The fraction of sp³-hybridized carbons (Fsp3) is 0.483. The van der Waals surface area contributed by atoms with Gasteiger partial charge in [0.2, 0.25) is 5.91 Å². The molecule has 1 fully saturated rings. The monoisotopic (exact) mass is 570 g/mol. The van der Waals surface area contributed by atoms with Crippen LogP contribution in [0.15, 0.2) is 36.7 Å². The fourth-order valence-corrected chi connectivity index (χ4v) is 6.91. The topological polar surface area (TPSA) is 64.6 Å². The van der Waals surface area contributed by atoms with Gasteiger partial charge in [0, 0.05) is 42.3 Å². The molecule has 10 heteroatoms. The van der Waals surface area contributed by atoms with Crippen LogP contribution in [0.4, 0.5) is 15.9 Å². The highest BCUT2D eigenvalue weighted by atomic mass is 35.5. The third kappa shape index (κ3) is 6.60. The van der Waals surface area contributed by atoms with E-state index in [0.717, 1.165) is 40.5 Å². The van der Waals surface area contributed by atoms with Gasteiger partial charge in [0.15, 0.2) is 0 Å². The number of hydrogen-bond acceptors (Lipinski definition) is 7. The number of likely N-dealkylation sites (tertiary alicyclic amines) is 1. The lowest BCUT2D eigenvalue weighted by atomic mass is 9.95. The summed E-state index contributed by atoms with van der Waals surface area (Å²) in [6.45, 7) is 9.96. The summed E-state index contributed by atoms with van der Waals surface area (Å²) < 4.78 is 13.6. The lowest BCUT2D eigenvalue weighted by molar-refractivity contribution is -0.126. The van der Waals surface area contributed by atoms with Crippen LogP contribution in [0.1, 0.15) is 37.1 Å². The Morgan fingerprint density at radius 3 is 2.82 bits per heavy atom. The molecule has 4 heterocycles. The Labute approximate surface area is 238 Å². The number of likely N-dealkylation sites (N-methyl/N-ethyl adjacent to an activating group) is 1. The van der Waals surface area contributed by atoms with Gasteiger partial charge in [0.05, 0.1) is 17.0 Å². The molecule has 2 aliphatic heterocycles. The summed E-state index contributed by atoms with van der Waals surface area (Å²) in [5.41, 5.74) is 1.83. The van der Waals surface area contributed by atoms with Gasteiger partial charge >= 0.3 is 0 Å². The van der Waals surface area contributed by atoms with Crippen LogP contribution in [0.3, 0.4) is 0 Å². The molecular weight excluding hydrogens is 535 g/mol. The number of carbonyl (C=O) groups is 1. The molecule has 5 rings (SSSR count). The summed E-state index contributed by atoms with van der Waals surface area (Å²) in [6, 6.07) is 5.14. The van der Waals surface area contributed by atoms with E-state index in [4.69, 9.17) is 11.6 Å². The van der Waals surface area contributed by atoms with Crippen LogP contribution in [0.2, 0.25) is 5.02 Å². The van der Waals surface area contributed by atoms with Gasteiger partial charge in [-0.1, -0.05) is 17.7 Å². The lowest BCUT2D eigenvalue weighted by Crippen LogP contribution is -2.41. The quantitative estimate of drug-likeness (QED) is 0.349. The van der Waals surface area contributed by atoms with Gasteiger partial charge in [-0.15, -0.1) is 11.3 Å². The van der Waals surface area contributed by atoms with E-state index in [-0.39, 0.29) is 10.9 Å². The third-order valence-corrected chi connectivity index (χ3v) is 9.17. The average molecular weight is 571 g/mol. The summed E-state index contributed by atoms with van der Waals surface area (Å²) in [6.07, 6.45) is 8.46. The molecule has 0 aliphatic carbocycles. The summed E-state index contributed by atoms with van der Waals surface area (Å²) >= 11 is 7.55. The second kappa shape index (κ2) is 12.3. The van der Waals surface area contributed by atoms with Crippen molar-refractivity contribution in [3.05, 3.63) is 58.0 Å². The first-order valence-electron chi connectivity index (χ1n) is 13.6. The Bertz CT molecular complexity index is 1350. The van der Waals surface area contributed by atoms with Crippen molar-refractivity contribution in [1.29, 1.82) is 0 Å². The number of rotatable bonds is 8. The molecule has 0 spiro atoms. The van der Waals surface area contributed by atoms with E-state index in [1.54, 1.807) is 29.5 Å². The molecular formula is C29H36ClFN6OS. The molecule has 2 aromatic heterocycles. The first kappa shape index (κ1) is 28.0. The number of halogens is 2. The normalized spacial score (nSPS) is 17.1. The number of carbonyl (C=O) groups excluding carboxylic acids is 1. The van der Waals surface area contributed by atoms with Crippen LogP contribution in [0.5, 0.6) is 0 Å². The van der Waals surface area contributed by atoms with Gasteiger partial charge in [-0.05, 0) is 82.9 Å². The van der Waals surface area contributed by atoms with Gasteiger partial charge < -0.3 is 20.0 Å². The van der Waals surface area contributed by atoms with E-state index in [2.05, 4.69) is 46.0 Å². The molecule has 0 saturated carbocycles. The highest BCUT2D eigenvalue weighted by Crippen LogP contribution is 2.38. The summed E-state index contributed by atoms with van der Waals surface area (Å²) in [4.78, 5) is 30.7. The number of aromatic nitrogens is 2. The number of benzene rings is 1. The number of piperidine rings is 1. The number of nitrogens with one attached hydrogen (secondary N) is 1. The van der Waals surface area contributed by atoms with Crippen molar-refractivity contribution in [2.75, 3.05) is 45.1 Å². The highest BCUT2D eigenvalue weighted by molar-refractivity contribution is 7.19. The number of anilines is 2. The molecule has 2 aliphatic rings. The molecule has 3 aromatic rings. The zero-order valence-corrected chi connectivity index (χ0v) is 24.4. The average Bonchev–Trinajstić information content (AvgIpc) is 3.30. The van der Waals surface area contributed by atoms with E-state index >= 15 is 0 Å². The minimum atomic E-state index is -0.462. The van der Waals surface area contributed by atoms with Gasteiger partial charge in [-0.25, -0.2) is 14.4 Å². The van der Waals surface area contributed by atoms with Crippen molar-refractivity contribution in [2.24, 2.45) is 5.92 Å². The molecule has 1 amide bonds. The van der Waals surface area contributed by atoms with Crippen molar-refractivity contribution in [1.82, 2.24) is 24.7 Å². The number of fused-ring (bicyclic) bond motifs is 3. The molecule has 208 valence electrons. The summed E-state index contributed by atoms with van der Waals surface area (Å²) in [5, 5.41) is 4.28. The standard InChI is InChI=1S/C29H36ClFN6OS/c1-19(2)36-12-8-20(9-13-36)16-35(3)11-4-5-26(38)37-14-10-22-25(17-37)39-29-27(22)28(32-18-33-29)34-21-6-7-24(31)23(30)15-21/h4-7,15,18-20H,8-14,16-17H2,1-3H3,(H,32,33,34). The number of amides is 1. The van der Waals surface area contributed by atoms with Gasteiger partial charge in [-0.3, -0.25) is 4.79 Å². The van der Waals surface area contributed by atoms with E-state index in [1.165, 1.54) is 43.9 Å². The molecule has 1 N–H and O–H groups in total. The zero-order chi connectivity index (χ0) is 27.5. The molecule has 0 unspecified atom stereocenters. The number of nitrogens with zero attached hydrogens (tertiary/aromatic N) is 5.